The Morgan fingerprint density at radius 2 is 1.93 bits per heavy atom. The summed E-state index contributed by atoms with van der Waals surface area (Å²) in [5.41, 5.74) is 7.98. The minimum Gasteiger partial charge on any atom is -0.480 e. The lowest BCUT2D eigenvalue weighted by Gasteiger charge is -2.07. The smallest absolute Gasteiger partial charge is 0.317 e. The monoisotopic (exact) mass is 407 g/mol. The van der Waals surface area contributed by atoms with E-state index in [-0.39, 0.29) is 24.6 Å². The first-order chi connectivity index (χ1) is 12.8. The molecule has 0 unspecified atom stereocenters. The van der Waals surface area contributed by atoms with Crippen molar-refractivity contribution in [3.05, 3.63) is 36.3 Å². The summed E-state index contributed by atoms with van der Waals surface area (Å²) < 4.78 is 2.08. The molecule has 0 bridgehead atoms. The Bertz CT molecular complexity index is 955. The number of carboxylic acids is 1. The summed E-state index contributed by atoms with van der Waals surface area (Å²) in [5.74, 6) is -1.33. The third-order valence-electron chi connectivity index (χ3n) is 3.89. The number of halogens is 1. The van der Waals surface area contributed by atoms with Crippen LogP contribution < -0.4 is 5.73 Å². The number of imidazole rings is 1. The number of aryl methyl sites for hydroxylation is 1. The molecule has 9 heteroatoms. The van der Waals surface area contributed by atoms with E-state index >= 15 is 0 Å². The molecule has 152 valence electrons. The fourth-order valence-corrected chi connectivity index (χ4v) is 2.72. The number of aliphatic carboxylic acids is 1. The number of pyridine rings is 1. The predicted octanol–water partition coefficient (Wildman–Crippen LogP) is 2.54. The molecule has 0 aliphatic carbocycles. The van der Waals surface area contributed by atoms with Gasteiger partial charge in [0, 0.05) is 11.9 Å². The molecule has 28 heavy (non-hydrogen) atoms. The molecule has 2 heterocycles. The zero-order chi connectivity index (χ0) is 20.0. The van der Waals surface area contributed by atoms with Crippen LogP contribution in [0.25, 0.3) is 21.9 Å². The van der Waals surface area contributed by atoms with Crippen LogP contribution >= 0.6 is 12.4 Å². The number of nitrogens with zero attached hydrogens (tertiary/aromatic N) is 4. The summed E-state index contributed by atoms with van der Waals surface area (Å²) in [6.07, 6.45) is 3.93. The number of carboxylic acid groups (broad SMARTS) is 1. The Labute approximate surface area is 169 Å². The maximum atomic E-state index is 11.6. The summed E-state index contributed by atoms with van der Waals surface area (Å²) >= 11 is 0. The van der Waals surface area contributed by atoms with Crippen molar-refractivity contribution in [3.63, 3.8) is 0 Å². The van der Waals surface area contributed by atoms with Crippen molar-refractivity contribution in [2.45, 2.75) is 26.3 Å². The number of primary amides is 1. The van der Waals surface area contributed by atoms with E-state index in [1.165, 1.54) is 0 Å². The third kappa shape index (κ3) is 5.64. The zero-order valence-corrected chi connectivity index (χ0v) is 17.1. The van der Waals surface area contributed by atoms with Crippen LogP contribution in [-0.4, -0.2) is 57.1 Å². The molecule has 8 nitrogen and oxygen atoms in total. The Balaban J connectivity index is 0.000000425. The number of amides is 1. The average Bonchev–Trinajstić information content (AvgIpc) is 3.02. The van der Waals surface area contributed by atoms with Gasteiger partial charge in [0.2, 0.25) is 0 Å². The van der Waals surface area contributed by atoms with Crippen molar-refractivity contribution < 1.29 is 14.7 Å². The molecule has 0 atom stereocenters. The van der Waals surface area contributed by atoms with Gasteiger partial charge in [0.15, 0.2) is 5.69 Å². The fraction of sp³-hybridized carbons (Fsp3) is 0.368. The Morgan fingerprint density at radius 3 is 2.46 bits per heavy atom. The normalized spacial score (nSPS) is 10.4. The summed E-state index contributed by atoms with van der Waals surface area (Å²) in [6, 6.07) is 7.75. The van der Waals surface area contributed by atoms with E-state index in [1.807, 2.05) is 24.3 Å². The molecule has 3 rings (SSSR count). The number of likely N-dealkylation sites (N-methyl/N-ethyl adjacent to an activating group) is 1. The standard InChI is InChI=1S/C15H16N4O.C4H9NO2.ClH/c1-2-3-8-19-9-17-12-13(15(16)20)18-11-7-5-4-6-10(11)14(12)19;1-5(2)3-4(6)7;/h4-7,9H,2-3,8H2,1H3,(H2,16,20);3H2,1-2H3,(H,6,7);1H. The molecule has 0 saturated heterocycles. The third-order valence-corrected chi connectivity index (χ3v) is 3.89. The molecule has 3 N–H and O–H groups in total. The van der Waals surface area contributed by atoms with Gasteiger partial charge in [-0.3, -0.25) is 14.5 Å². The SMILES string of the molecule is CCCCn1cnc2c(C(N)=O)nc3ccccc3c21.CN(C)CC(=O)O.Cl. The number of aromatic nitrogens is 3. The molecule has 2 aromatic heterocycles. The zero-order valence-electron chi connectivity index (χ0n) is 16.3. The van der Waals surface area contributed by atoms with Crippen LogP contribution in [0.3, 0.4) is 0 Å². The van der Waals surface area contributed by atoms with Gasteiger partial charge in [-0.1, -0.05) is 31.5 Å². The first kappa shape index (κ1) is 23.3. The molecule has 0 aliphatic heterocycles. The Morgan fingerprint density at radius 1 is 1.25 bits per heavy atom. The number of carbonyl (C=O) groups is 2. The van der Waals surface area contributed by atoms with Crippen LogP contribution in [0.1, 0.15) is 30.3 Å². The molecule has 0 radical (unpaired) electrons. The maximum Gasteiger partial charge on any atom is 0.317 e. The molecule has 3 aromatic rings. The van der Waals surface area contributed by atoms with Crippen molar-refractivity contribution in [1.29, 1.82) is 0 Å². The largest absolute Gasteiger partial charge is 0.480 e. The number of nitrogens with two attached hydrogens (primary N) is 1. The van der Waals surface area contributed by atoms with E-state index in [1.54, 1.807) is 25.3 Å². The predicted molar refractivity (Wildman–Crippen MR) is 112 cm³/mol. The number of hydrogen-bond acceptors (Lipinski definition) is 5. The fourth-order valence-electron chi connectivity index (χ4n) is 2.72. The lowest BCUT2D eigenvalue weighted by Crippen LogP contribution is -2.20. The highest BCUT2D eigenvalue weighted by Gasteiger charge is 2.16. The first-order valence-corrected chi connectivity index (χ1v) is 8.75. The van der Waals surface area contributed by atoms with Gasteiger partial charge in [-0.25, -0.2) is 9.97 Å². The van der Waals surface area contributed by atoms with Gasteiger partial charge in [0.1, 0.15) is 5.52 Å². The van der Waals surface area contributed by atoms with Crippen LogP contribution in [0, 0.1) is 0 Å². The molecule has 1 aromatic carbocycles. The van der Waals surface area contributed by atoms with Gasteiger partial charge in [0.05, 0.1) is 23.9 Å². The van der Waals surface area contributed by atoms with Crippen LogP contribution in [0.2, 0.25) is 0 Å². The van der Waals surface area contributed by atoms with E-state index in [2.05, 4.69) is 21.5 Å². The summed E-state index contributed by atoms with van der Waals surface area (Å²) in [5, 5.41) is 9.04. The first-order valence-electron chi connectivity index (χ1n) is 8.75. The van der Waals surface area contributed by atoms with Gasteiger partial charge in [-0.15, -0.1) is 12.4 Å². The summed E-state index contributed by atoms with van der Waals surface area (Å²) in [7, 11) is 3.43. The van der Waals surface area contributed by atoms with Gasteiger partial charge in [0.25, 0.3) is 5.91 Å². The van der Waals surface area contributed by atoms with Crippen molar-refractivity contribution in [2.75, 3.05) is 20.6 Å². The molecule has 0 spiro atoms. The number of rotatable bonds is 6. The van der Waals surface area contributed by atoms with Crippen LogP contribution in [0.5, 0.6) is 0 Å². The van der Waals surface area contributed by atoms with E-state index in [0.717, 1.165) is 35.8 Å². The number of hydrogen-bond donors (Lipinski definition) is 2. The topological polar surface area (TPSA) is 114 Å². The van der Waals surface area contributed by atoms with Crippen molar-refractivity contribution in [3.8, 4) is 0 Å². The van der Waals surface area contributed by atoms with Crippen LogP contribution in [0.15, 0.2) is 30.6 Å². The van der Waals surface area contributed by atoms with Gasteiger partial charge in [-0.2, -0.15) is 0 Å². The van der Waals surface area contributed by atoms with Crippen molar-refractivity contribution in [1.82, 2.24) is 19.4 Å². The second-order valence-corrected chi connectivity index (χ2v) is 6.46. The highest BCUT2D eigenvalue weighted by Crippen LogP contribution is 2.25. The number of benzene rings is 1. The van der Waals surface area contributed by atoms with Crippen LogP contribution in [0.4, 0.5) is 0 Å². The molecular weight excluding hydrogens is 382 g/mol. The molecular formula is C19H26ClN5O3. The number of para-hydroxylation sites is 1. The Kier molecular flexibility index (Phi) is 8.81. The molecule has 1 amide bonds. The summed E-state index contributed by atoms with van der Waals surface area (Å²) in [4.78, 5) is 31.6. The Hall–Kier alpha value is -2.71. The number of carbonyl (C=O) groups excluding carboxylic acids is 1. The lowest BCUT2D eigenvalue weighted by atomic mass is 10.1. The minimum atomic E-state index is -0.787. The van der Waals surface area contributed by atoms with E-state index < -0.39 is 11.9 Å². The quantitative estimate of drug-likeness (QED) is 0.648. The average molecular weight is 408 g/mol. The summed E-state index contributed by atoms with van der Waals surface area (Å²) in [6.45, 7) is 3.13. The van der Waals surface area contributed by atoms with Gasteiger partial charge in [-0.05, 0) is 26.6 Å². The molecule has 0 fully saturated rings. The second kappa shape index (κ2) is 10.6. The van der Waals surface area contributed by atoms with E-state index in [9.17, 15) is 9.59 Å². The van der Waals surface area contributed by atoms with E-state index in [0.29, 0.717) is 5.52 Å². The lowest BCUT2D eigenvalue weighted by molar-refractivity contribution is -0.137. The number of unbranched alkanes of at least 4 members (excludes halogenated alkanes) is 1. The second-order valence-electron chi connectivity index (χ2n) is 6.46. The minimum absolute atomic E-state index is 0. The highest BCUT2D eigenvalue weighted by molar-refractivity contribution is 6.11. The molecule has 0 aliphatic rings. The van der Waals surface area contributed by atoms with Gasteiger partial charge >= 0.3 is 5.97 Å². The van der Waals surface area contributed by atoms with Crippen molar-refractivity contribution >= 4 is 46.2 Å². The highest BCUT2D eigenvalue weighted by atomic mass is 35.5. The molecule has 0 saturated carbocycles. The number of fused-ring (bicyclic) bond motifs is 3. The van der Waals surface area contributed by atoms with Crippen molar-refractivity contribution in [2.24, 2.45) is 5.73 Å². The van der Waals surface area contributed by atoms with Gasteiger partial charge < -0.3 is 15.4 Å². The van der Waals surface area contributed by atoms with E-state index in [4.69, 9.17) is 10.8 Å². The van der Waals surface area contributed by atoms with Crippen LogP contribution in [-0.2, 0) is 11.3 Å². The maximum absolute atomic E-state index is 11.6.